The van der Waals surface area contributed by atoms with Gasteiger partial charge in [0, 0.05) is 42.2 Å². The minimum Gasteiger partial charge on any atom is -0.343 e. The molecule has 0 unspecified atom stereocenters. The molecule has 4 aromatic rings. The van der Waals surface area contributed by atoms with Gasteiger partial charge in [0.25, 0.3) is 5.89 Å². The van der Waals surface area contributed by atoms with Crippen molar-refractivity contribution in [1.29, 1.82) is 0 Å². The van der Waals surface area contributed by atoms with Crippen LogP contribution in [0.2, 0.25) is 5.02 Å². The monoisotopic (exact) mass is 435 g/mol. The molecule has 0 aliphatic carbocycles. The summed E-state index contributed by atoms with van der Waals surface area (Å²) in [5, 5.41) is 4.76. The fraction of sp³-hybridized carbons (Fsp3) is 0.304. The zero-order valence-corrected chi connectivity index (χ0v) is 17.8. The summed E-state index contributed by atoms with van der Waals surface area (Å²) in [7, 11) is 0. The Kier molecular flexibility index (Phi) is 5.42. The number of likely N-dealkylation sites (tertiary alicyclic amines) is 1. The maximum Gasteiger partial charge on any atom is 0.258 e. The molecule has 0 spiro atoms. The highest BCUT2D eigenvalue weighted by Gasteiger charge is 2.17. The number of benzene rings is 2. The zero-order chi connectivity index (χ0) is 21.2. The van der Waals surface area contributed by atoms with Gasteiger partial charge in [0.1, 0.15) is 0 Å². The second-order valence-corrected chi connectivity index (χ2v) is 8.20. The van der Waals surface area contributed by atoms with Crippen molar-refractivity contribution in [3.63, 3.8) is 0 Å². The van der Waals surface area contributed by atoms with Gasteiger partial charge in [-0.25, -0.2) is 4.98 Å². The lowest BCUT2D eigenvalue weighted by molar-refractivity contribution is -0.132. The molecule has 0 saturated carbocycles. The van der Waals surface area contributed by atoms with E-state index in [0.29, 0.717) is 29.7 Å². The summed E-state index contributed by atoms with van der Waals surface area (Å²) in [5.41, 5.74) is 3.45. The molecule has 5 rings (SSSR count). The molecule has 8 heteroatoms. The van der Waals surface area contributed by atoms with Crippen molar-refractivity contribution in [1.82, 2.24) is 24.6 Å². The molecular formula is C23H22ClN5O2. The van der Waals surface area contributed by atoms with Crippen LogP contribution in [-0.4, -0.2) is 43.6 Å². The second kappa shape index (κ2) is 8.51. The van der Waals surface area contributed by atoms with Crippen LogP contribution in [0, 0.1) is 0 Å². The molecule has 1 aliphatic heterocycles. The standard InChI is InChI=1S/C23H22ClN5O2/c24-18-7-4-16(5-8-18)23-26-22(27-31-23)17-6-9-20-19(14-17)25-15-29(20)13-10-21(30)28-11-2-1-3-12-28/h4-9,14-15H,1-3,10-13H2. The van der Waals surface area contributed by atoms with Crippen LogP contribution >= 0.6 is 11.6 Å². The Morgan fingerprint density at radius 1 is 1.03 bits per heavy atom. The molecule has 1 amide bonds. The molecule has 2 aromatic carbocycles. The van der Waals surface area contributed by atoms with Crippen molar-refractivity contribution < 1.29 is 9.32 Å². The van der Waals surface area contributed by atoms with E-state index in [9.17, 15) is 4.79 Å². The number of aromatic nitrogens is 4. The molecule has 31 heavy (non-hydrogen) atoms. The molecule has 0 N–H and O–H groups in total. The summed E-state index contributed by atoms with van der Waals surface area (Å²) in [5.74, 6) is 1.16. The summed E-state index contributed by atoms with van der Waals surface area (Å²) in [4.78, 5) is 23.5. The summed E-state index contributed by atoms with van der Waals surface area (Å²) >= 11 is 5.94. The van der Waals surface area contributed by atoms with Crippen molar-refractivity contribution >= 4 is 28.5 Å². The molecule has 1 saturated heterocycles. The number of rotatable bonds is 5. The molecule has 158 valence electrons. The van der Waals surface area contributed by atoms with Gasteiger partial charge in [-0.1, -0.05) is 16.8 Å². The van der Waals surface area contributed by atoms with E-state index in [0.717, 1.165) is 48.1 Å². The number of halogens is 1. The fourth-order valence-corrected chi connectivity index (χ4v) is 4.08. The Bertz CT molecular complexity index is 1210. The molecule has 0 bridgehead atoms. The largest absolute Gasteiger partial charge is 0.343 e. The fourth-order valence-electron chi connectivity index (χ4n) is 3.95. The summed E-state index contributed by atoms with van der Waals surface area (Å²) in [6, 6.07) is 13.1. The van der Waals surface area contributed by atoms with Crippen molar-refractivity contribution in [3.05, 3.63) is 53.8 Å². The van der Waals surface area contributed by atoms with Gasteiger partial charge in [0.2, 0.25) is 11.7 Å². The minimum absolute atomic E-state index is 0.222. The maximum absolute atomic E-state index is 12.5. The van der Waals surface area contributed by atoms with Gasteiger partial charge >= 0.3 is 0 Å². The first-order valence-corrected chi connectivity index (χ1v) is 10.9. The van der Waals surface area contributed by atoms with E-state index in [4.69, 9.17) is 16.1 Å². The average molecular weight is 436 g/mol. The average Bonchev–Trinajstić information content (AvgIpc) is 3.46. The van der Waals surface area contributed by atoms with Crippen LogP contribution in [-0.2, 0) is 11.3 Å². The predicted octanol–water partition coefficient (Wildman–Crippen LogP) is 4.81. The number of carbonyl (C=O) groups is 1. The molecular weight excluding hydrogens is 414 g/mol. The number of nitrogens with zero attached hydrogens (tertiary/aromatic N) is 5. The van der Waals surface area contributed by atoms with Crippen molar-refractivity contribution in [2.75, 3.05) is 13.1 Å². The van der Waals surface area contributed by atoms with Crippen LogP contribution in [0.4, 0.5) is 0 Å². The molecule has 3 heterocycles. The number of fused-ring (bicyclic) bond motifs is 1. The van der Waals surface area contributed by atoms with E-state index in [-0.39, 0.29) is 5.91 Å². The second-order valence-electron chi connectivity index (χ2n) is 7.76. The first kappa shape index (κ1) is 19.8. The number of carbonyl (C=O) groups excluding carboxylic acids is 1. The van der Waals surface area contributed by atoms with Crippen LogP contribution in [0.3, 0.4) is 0 Å². The number of amides is 1. The Balaban J connectivity index is 1.31. The molecule has 7 nitrogen and oxygen atoms in total. The van der Waals surface area contributed by atoms with Crippen molar-refractivity contribution in [2.24, 2.45) is 0 Å². The van der Waals surface area contributed by atoms with E-state index in [1.807, 2.05) is 39.8 Å². The third kappa shape index (κ3) is 4.18. The topological polar surface area (TPSA) is 77.0 Å². The number of hydrogen-bond donors (Lipinski definition) is 0. The minimum atomic E-state index is 0.222. The highest BCUT2D eigenvalue weighted by molar-refractivity contribution is 6.30. The van der Waals surface area contributed by atoms with E-state index in [2.05, 4.69) is 15.1 Å². The van der Waals surface area contributed by atoms with Crippen LogP contribution < -0.4 is 0 Å². The maximum atomic E-state index is 12.5. The molecule has 2 aromatic heterocycles. The zero-order valence-electron chi connectivity index (χ0n) is 17.0. The molecule has 0 atom stereocenters. The summed E-state index contributed by atoms with van der Waals surface area (Å²) < 4.78 is 7.44. The van der Waals surface area contributed by atoms with Crippen molar-refractivity contribution in [3.8, 4) is 22.8 Å². The van der Waals surface area contributed by atoms with Crippen LogP contribution in [0.25, 0.3) is 33.9 Å². The van der Waals surface area contributed by atoms with Gasteiger partial charge in [-0.3, -0.25) is 4.79 Å². The normalized spacial score (nSPS) is 14.3. The molecule has 1 fully saturated rings. The Morgan fingerprint density at radius 3 is 2.61 bits per heavy atom. The number of hydrogen-bond acceptors (Lipinski definition) is 5. The number of imidazole rings is 1. The first-order chi connectivity index (χ1) is 15.2. The van der Waals surface area contributed by atoms with Gasteiger partial charge in [0.15, 0.2) is 0 Å². The van der Waals surface area contributed by atoms with Crippen LogP contribution in [0.5, 0.6) is 0 Å². The number of piperidine rings is 1. The third-order valence-corrected chi connectivity index (χ3v) is 5.92. The van der Waals surface area contributed by atoms with Gasteiger partial charge in [-0.2, -0.15) is 4.98 Å². The Labute approximate surface area is 184 Å². The Hall–Kier alpha value is -3.19. The third-order valence-electron chi connectivity index (χ3n) is 5.67. The molecule has 1 aliphatic rings. The first-order valence-electron chi connectivity index (χ1n) is 10.5. The van der Waals surface area contributed by atoms with Gasteiger partial charge in [-0.05, 0) is 61.7 Å². The van der Waals surface area contributed by atoms with Gasteiger partial charge in [-0.15, -0.1) is 0 Å². The lowest BCUT2D eigenvalue weighted by atomic mass is 10.1. The predicted molar refractivity (Wildman–Crippen MR) is 119 cm³/mol. The number of aryl methyl sites for hydroxylation is 1. The van der Waals surface area contributed by atoms with E-state index in [1.54, 1.807) is 18.5 Å². The van der Waals surface area contributed by atoms with Gasteiger partial charge in [0.05, 0.1) is 17.4 Å². The van der Waals surface area contributed by atoms with Crippen LogP contribution in [0.15, 0.2) is 53.3 Å². The van der Waals surface area contributed by atoms with E-state index in [1.165, 1.54) is 6.42 Å². The smallest absolute Gasteiger partial charge is 0.258 e. The highest BCUT2D eigenvalue weighted by Crippen LogP contribution is 2.26. The highest BCUT2D eigenvalue weighted by atomic mass is 35.5. The van der Waals surface area contributed by atoms with E-state index >= 15 is 0 Å². The lowest BCUT2D eigenvalue weighted by Crippen LogP contribution is -2.35. The lowest BCUT2D eigenvalue weighted by Gasteiger charge is -2.26. The molecule has 0 radical (unpaired) electrons. The SMILES string of the molecule is O=C(CCn1cnc2cc(-c3noc(-c4ccc(Cl)cc4)n3)ccc21)N1CCCCC1. The van der Waals surface area contributed by atoms with Crippen molar-refractivity contribution in [2.45, 2.75) is 32.2 Å². The Morgan fingerprint density at radius 2 is 1.81 bits per heavy atom. The summed E-state index contributed by atoms with van der Waals surface area (Å²) in [6.07, 6.45) is 5.71. The van der Waals surface area contributed by atoms with E-state index < -0.39 is 0 Å². The quantitative estimate of drug-likeness (QED) is 0.449. The van der Waals surface area contributed by atoms with Gasteiger partial charge < -0.3 is 14.0 Å². The summed E-state index contributed by atoms with van der Waals surface area (Å²) in [6.45, 7) is 2.39. The van der Waals surface area contributed by atoms with Crippen LogP contribution in [0.1, 0.15) is 25.7 Å².